The largest absolute Gasteiger partial charge is 0.480 e. The zero-order chi connectivity index (χ0) is 16.0. The molecule has 0 aliphatic carbocycles. The fourth-order valence-electron chi connectivity index (χ4n) is 1.50. The Morgan fingerprint density at radius 2 is 1.86 bits per heavy atom. The highest BCUT2D eigenvalue weighted by atomic mass is 16.6. The molecular weight excluding hydrogens is 276 g/mol. The molecule has 0 fully saturated rings. The number of hydrogen-bond donors (Lipinski definition) is 3. The zero-order valence-corrected chi connectivity index (χ0v) is 11.8. The lowest BCUT2D eigenvalue weighted by molar-refractivity contribution is -0.139. The summed E-state index contributed by atoms with van der Waals surface area (Å²) in [7, 11) is 0. The molecule has 0 aromatic heterocycles. The predicted molar refractivity (Wildman–Crippen MR) is 74.5 cm³/mol. The molecular formula is C14H18N2O5. The quantitative estimate of drug-likeness (QED) is 0.712. The van der Waals surface area contributed by atoms with Crippen LogP contribution in [0.5, 0.6) is 0 Å². The van der Waals surface area contributed by atoms with Crippen LogP contribution in [0.2, 0.25) is 0 Å². The summed E-state index contributed by atoms with van der Waals surface area (Å²) in [6.07, 6.45) is -0.912. The van der Waals surface area contributed by atoms with Gasteiger partial charge in [0.2, 0.25) is 0 Å². The molecule has 0 bridgehead atoms. The molecule has 7 nitrogen and oxygen atoms in total. The zero-order valence-electron chi connectivity index (χ0n) is 11.8. The maximum atomic E-state index is 11.7. The van der Waals surface area contributed by atoms with Crippen molar-refractivity contribution in [3.05, 3.63) is 35.9 Å². The Morgan fingerprint density at radius 3 is 2.33 bits per heavy atom. The topological polar surface area (TPSA) is 119 Å². The molecule has 0 unspecified atom stereocenters. The van der Waals surface area contributed by atoms with Crippen molar-refractivity contribution in [1.29, 1.82) is 0 Å². The highest BCUT2D eigenvalue weighted by molar-refractivity contribution is 5.86. The summed E-state index contributed by atoms with van der Waals surface area (Å²) in [5.41, 5.74) is 4.31. The maximum absolute atomic E-state index is 11.7. The summed E-state index contributed by atoms with van der Waals surface area (Å²) >= 11 is 0. The van der Waals surface area contributed by atoms with Gasteiger partial charge in [-0.1, -0.05) is 30.3 Å². The van der Waals surface area contributed by atoms with Gasteiger partial charge in [0.05, 0.1) is 0 Å². The molecule has 0 radical (unpaired) electrons. The van der Waals surface area contributed by atoms with Crippen LogP contribution in [0.3, 0.4) is 0 Å². The predicted octanol–water partition coefficient (Wildman–Crippen LogP) is 0.672. The Labute approximate surface area is 122 Å². The second-order valence-electron chi connectivity index (χ2n) is 4.99. The number of amides is 2. The third-order valence-corrected chi connectivity index (χ3v) is 2.81. The molecule has 114 valence electrons. The second-order valence-corrected chi connectivity index (χ2v) is 4.99. The molecule has 0 spiro atoms. The number of nitrogens with one attached hydrogen (secondary N) is 1. The third kappa shape index (κ3) is 5.13. The molecule has 7 heteroatoms. The van der Waals surface area contributed by atoms with E-state index < -0.39 is 29.6 Å². The number of hydrogen-bond acceptors (Lipinski definition) is 4. The van der Waals surface area contributed by atoms with Gasteiger partial charge in [-0.25, -0.2) is 9.59 Å². The molecule has 1 aromatic carbocycles. The lowest BCUT2D eigenvalue weighted by Gasteiger charge is -2.23. The molecule has 0 aliphatic rings. The molecule has 21 heavy (non-hydrogen) atoms. The van der Waals surface area contributed by atoms with Crippen LogP contribution in [-0.4, -0.2) is 34.7 Å². The molecule has 1 aromatic rings. The number of alkyl carbamates (subject to hydrolysis) is 1. The van der Waals surface area contributed by atoms with Gasteiger partial charge >= 0.3 is 12.1 Å². The number of primary amides is 1. The monoisotopic (exact) mass is 294 g/mol. The first kappa shape index (κ1) is 16.5. The first-order valence-corrected chi connectivity index (χ1v) is 6.28. The van der Waals surface area contributed by atoms with E-state index >= 15 is 0 Å². The Bertz CT molecular complexity index is 527. The van der Waals surface area contributed by atoms with Crippen molar-refractivity contribution in [2.45, 2.75) is 31.9 Å². The minimum absolute atomic E-state index is 0.0995. The highest BCUT2D eigenvalue weighted by Gasteiger charge is 2.31. The lowest BCUT2D eigenvalue weighted by Crippen LogP contribution is -2.49. The standard InChI is InChI=1S/C14H18N2O5/c1-14(2,12(15)19)21-13(20)16-10(11(17)18)8-9-6-4-3-5-7-9/h3-7,10H,8H2,1-2H3,(H2,15,19)(H,16,20)(H,17,18)/t10-/m0/s1. The van der Waals surface area contributed by atoms with Gasteiger partial charge in [-0.2, -0.15) is 0 Å². The van der Waals surface area contributed by atoms with E-state index in [9.17, 15) is 14.4 Å². The third-order valence-electron chi connectivity index (χ3n) is 2.81. The fourth-order valence-corrected chi connectivity index (χ4v) is 1.50. The number of carboxylic acid groups (broad SMARTS) is 1. The van der Waals surface area contributed by atoms with E-state index in [2.05, 4.69) is 5.32 Å². The first-order chi connectivity index (χ1) is 9.72. The Balaban J connectivity index is 2.69. The van der Waals surface area contributed by atoms with Gasteiger partial charge in [0.1, 0.15) is 6.04 Å². The van der Waals surface area contributed by atoms with Crippen LogP contribution in [0.15, 0.2) is 30.3 Å². The summed E-state index contributed by atoms with van der Waals surface area (Å²) in [5, 5.41) is 11.3. The summed E-state index contributed by atoms with van der Waals surface area (Å²) in [5.74, 6) is -2.03. The number of carbonyl (C=O) groups is 3. The van der Waals surface area contributed by atoms with Crippen LogP contribution in [0.4, 0.5) is 4.79 Å². The van der Waals surface area contributed by atoms with E-state index in [0.717, 1.165) is 5.56 Å². The minimum atomic E-state index is -1.51. The SMILES string of the molecule is CC(C)(OC(=O)N[C@@H](Cc1ccccc1)C(=O)O)C(N)=O. The second kappa shape index (κ2) is 6.74. The number of aliphatic carboxylic acids is 1. The van der Waals surface area contributed by atoms with Crippen molar-refractivity contribution in [3.8, 4) is 0 Å². The molecule has 0 aliphatic heterocycles. The molecule has 0 saturated carbocycles. The van der Waals surface area contributed by atoms with Crippen LogP contribution < -0.4 is 11.1 Å². The van der Waals surface area contributed by atoms with Crippen LogP contribution in [0.1, 0.15) is 19.4 Å². The molecule has 4 N–H and O–H groups in total. The average molecular weight is 294 g/mol. The van der Waals surface area contributed by atoms with Gasteiger partial charge in [0, 0.05) is 6.42 Å². The summed E-state index contributed by atoms with van der Waals surface area (Å²) in [4.78, 5) is 33.9. The number of carboxylic acids is 1. The van der Waals surface area contributed by atoms with Crippen molar-refractivity contribution in [1.82, 2.24) is 5.32 Å². The lowest BCUT2D eigenvalue weighted by atomic mass is 10.1. The van der Waals surface area contributed by atoms with Gasteiger partial charge in [-0.3, -0.25) is 4.79 Å². The van der Waals surface area contributed by atoms with E-state index in [-0.39, 0.29) is 6.42 Å². The molecule has 0 heterocycles. The van der Waals surface area contributed by atoms with Crippen LogP contribution in [0, 0.1) is 0 Å². The molecule has 2 amide bonds. The molecule has 0 saturated heterocycles. The normalized spacial score (nSPS) is 12.3. The van der Waals surface area contributed by atoms with Crippen molar-refractivity contribution >= 4 is 18.0 Å². The fraction of sp³-hybridized carbons (Fsp3) is 0.357. The van der Waals surface area contributed by atoms with Crippen molar-refractivity contribution in [2.75, 3.05) is 0 Å². The molecule has 1 rings (SSSR count). The van der Waals surface area contributed by atoms with Gasteiger partial charge in [0.15, 0.2) is 5.60 Å². The van der Waals surface area contributed by atoms with E-state index in [1.165, 1.54) is 13.8 Å². The van der Waals surface area contributed by atoms with E-state index in [0.29, 0.717) is 0 Å². The summed E-state index contributed by atoms with van der Waals surface area (Å²) in [6, 6.07) is 7.66. The van der Waals surface area contributed by atoms with Gasteiger partial charge < -0.3 is 20.9 Å². The van der Waals surface area contributed by atoms with Crippen LogP contribution >= 0.6 is 0 Å². The Kier molecular flexibility index (Phi) is 5.29. The summed E-state index contributed by atoms with van der Waals surface area (Å²) < 4.78 is 4.83. The van der Waals surface area contributed by atoms with Gasteiger partial charge in [0.25, 0.3) is 5.91 Å². The first-order valence-electron chi connectivity index (χ1n) is 6.28. The summed E-state index contributed by atoms with van der Waals surface area (Å²) in [6.45, 7) is 2.64. The smallest absolute Gasteiger partial charge is 0.408 e. The van der Waals surface area contributed by atoms with Crippen LogP contribution in [0.25, 0.3) is 0 Å². The number of carbonyl (C=O) groups excluding carboxylic acids is 2. The highest BCUT2D eigenvalue weighted by Crippen LogP contribution is 2.09. The van der Waals surface area contributed by atoms with Gasteiger partial charge in [-0.05, 0) is 19.4 Å². The van der Waals surface area contributed by atoms with Crippen molar-refractivity contribution < 1.29 is 24.2 Å². The number of nitrogens with two attached hydrogens (primary N) is 1. The van der Waals surface area contributed by atoms with Gasteiger partial charge in [-0.15, -0.1) is 0 Å². The Morgan fingerprint density at radius 1 is 1.29 bits per heavy atom. The van der Waals surface area contributed by atoms with Crippen LogP contribution in [-0.2, 0) is 20.7 Å². The molecule has 1 atom stereocenters. The number of ether oxygens (including phenoxy) is 1. The maximum Gasteiger partial charge on any atom is 0.408 e. The van der Waals surface area contributed by atoms with E-state index in [1.54, 1.807) is 30.3 Å². The van der Waals surface area contributed by atoms with Crippen molar-refractivity contribution in [3.63, 3.8) is 0 Å². The van der Waals surface area contributed by atoms with E-state index in [4.69, 9.17) is 15.6 Å². The Hall–Kier alpha value is -2.57. The van der Waals surface area contributed by atoms with Crippen molar-refractivity contribution in [2.24, 2.45) is 5.73 Å². The van der Waals surface area contributed by atoms with E-state index in [1.807, 2.05) is 0 Å². The average Bonchev–Trinajstić information content (AvgIpc) is 2.38. The minimum Gasteiger partial charge on any atom is -0.480 e. The number of rotatable bonds is 6. The number of benzene rings is 1.